The van der Waals surface area contributed by atoms with Crippen molar-refractivity contribution >= 4 is 27.5 Å². The molecule has 10 heteroatoms. The monoisotopic (exact) mass is 484 g/mol. The lowest BCUT2D eigenvalue weighted by Gasteiger charge is -2.29. The largest absolute Gasteiger partial charge is 0.350 e. The lowest BCUT2D eigenvalue weighted by molar-refractivity contribution is 0.248. The molecule has 1 aliphatic rings. The predicted octanol–water partition coefficient (Wildman–Crippen LogP) is 3.65. The molecule has 0 unspecified atom stereocenters. The smallest absolute Gasteiger partial charge is 0.240 e. The summed E-state index contributed by atoms with van der Waals surface area (Å²) in [6.45, 7) is 3.91. The molecule has 3 aromatic rings. The Labute approximate surface area is 199 Å². The van der Waals surface area contributed by atoms with Crippen LogP contribution in [-0.4, -0.2) is 49.5 Å². The van der Waals surface area contributed by atoms with E-state index in [9.17, 15) is 12.8 Å². The van der Waals surface area contributed by atoms with E-state index in [1.807, 2.05) is 7.05 Å². The van der Waals surface area contributed by atoms with Gasteiger partial charge in [0.2, 0.25) is 16.0 Å². The van der Waals surface area contributed by atoms with Crippen molar-refractivity contribution in [2.24, 2.45) is 0 Å². The van der Waals surface area contributed by atoms with Crippen molar-refractivity contribution in [1.29, 1.82) is 0 Å². The van der Waals surface area contributed by atoms with Crippen molar-refractivity contribution in [2.45, 2.75) is 37.2 Å². The fraction of sp³-hybridized carbons (Fsp3) is 0.333. The average molecular weight is 485 g/mol. The molecule has 2 heterocycles. The van der Waals surface area contributed by atoms with E-state index >= 15 is 0 Å². The molecule has 0 amide bonds. The Kier molecular flexibility index (Phi) is 7.40. The van der Waals surface area contributed by atoms with Crippen molar-refractivity contribution in [1.82, 2.24) is 19.6 Å². The van der Waals surface area contributed by atoms with Crippen molar-refractivity contribution < 1.29 is 12.8 Å². The van der Waals surface area contributed by atoms with E-state index in [0.717, 1.165) is 37.2 Å². The molecular weight excluding hydrogens is 455 g/mol. The molecule has 4 rings (SSSR count). The number of benzene rings is 2. The average Bonchev–Trinajstić information content (AvgIpc) is 2.82. The summed E-state index contributed by atoms with van der Waals surface area (Å²) in [6, 6.07) is 13.2. The first-order chi connectivity index (χ1) is 16.3. The third kappa shape index (κ3) is 6.28. The van der Waals surface area contributed by atoms with Gasteiger partial charge in [-0.2, -0.15) is 4.98 Å². The summed E-state index contributed by atoms with van der Waals surface area (Å²) in [5.41, 5.74) is 2.17. The summed E-state index contributed by atoms with van der Waals surface area (Å²) in [5, 5.41) is 6.28. The van der Waals surface area contributed by atoms with E-state index in [0.29, 0.717) is 23.9 Å². The molecule has 8 nitrogen and oxygen atoms in total. The number of nitrogens with one attached hydrogen (secondary N) is 3. The van der Waals surface area contributed by atoms with Crippen LogP contribution in [0.4, 0.5) is 21.8 Å². The Bertz CT molecular complexity index is 1230. The summed E-state index contributed by atoms with van der Waals surface area (Å²) in [5.74, 6) is 0.737. The Morgan fingerprint density at radius 1 is 1.09 bits per heavy atom. The highest BCUT2D eigenvalue weighted by Gasteiger charge is 2.23. The number of aryl methyl sites for hydroxylation is 1. The van der Waals surface area contributed by atoms with Gasteiger partial charge in [-0.15, -0.1) is 0 Å². The topological polar surface area (TPSA) is 99.2 Å². The maximum absolute atomic E-state index is 13.5. The molecule has 3 N–H and O–H groups in total. The zero-order valence-electron chi connectivity index (χ0n) is 19.3. The first kappa shape index (κ1) is 24.1. The van der Waals surface area contributed by atoms with Gasteiger partial charge in [-0.1, -0.05) is 12.1 Å². The molecule has 0 saturated carbocycles. The van der Waals surface area contributed by atoms with Crippen LogP contribution in [0.2, 0.25) is 0 Å². The van der Waals surface area contributed by atoms with E-state index in [1.165, 1.54) is 6.07 Å². The number of nitrogens with zero attached hydrogens (tertiary/aromatic N) is 3. The van der Waals surface area contributed by atoms with Gasteiger partial charge in [0.05, 0.1) is 4.90 Å². The molecule has 2 aromatic carbocycles. The summed E-state index contributed by atoms with van der Waals surface area (Å²) >= 11 is 0. The van der Waals surface area contributed by atoms with Crippen LogP contribution in [0.3, 0.4) is 0 Å². The molecule has 1 saturated heterocycles. The van der Waals surface area contributed by atoms with Crippen LogP contribution in [-0.2, 0) is 16.6 Å². The standard InChI is InChI=1S/C24H29FN6O2S/c1-17-15-20(5-8-22(17)25)28-23-9-12-26-24(29-23)27-16-18-3-6-21(7-4-18)34(32,33)30-19-10-13-31(2)14-11-19/h3-9,12,15,19,30H,10-11,13-14,16H2,1-2H3,(H2,26,27,28,29). The van der Waals surface area contributed by atoms with Crippen LogP contribution in [0.5, 0.6) is 0 Å². The summed E-state index contributed by atoms with van der Waals surface area (Å²) in [7, 11) is -1.50. The van der Waals surface area contributed by atoms with Gasteiger partial charge in [0.25, 0.3) is 0 Å². The fourth-order valence-corrected chi connectivity index (χ4v) is 5.07. The minimum atomic E-state index is -3.55. The van der Waals surface area contributed by atoms with Crippen LogP contribution >= 0.6 is 0 Å². The number of aromatic nitrogens is 2. The number of halogens is 1. The second-order valence-corrected chi connectivity index (χ2v) is 10.3. The molecule has 0 atom stereocenters. The van der Waals surface area contributed by atoms with Crippen LogP contribution in [0.1, 0.15) is 24.0 Å². The van der Waals surface area contributed by atoms with E-state index in [2.05, 4.69) is 30.2 Å². The minimum Gasteiger partial charge on any atom is -0.350 e. The molecule has 0 aliphatic carbocycles. The quantitative estimate of drug-likeness (QED) is 0.449. The Morgan fingerprint density at radius 2 is 1.82 bits per heavy atom. The SMILES string of the molecule is Cc1cc(Nc2ccnc(NCc3ccc(S(=O)(=O)NC4CCN(C)CC4)cc3)n2)ccc1F. The molecule has 1 fully saturated rings. The molecule has 0 bridgehead atoms. The molecule has 34 heavy (non-hydrogen) atoms. The predicted molar refractivity (Wildman–Crippen MR) is 131 cm³/mol. The Morgan fingerprint density at radius 3 is 2.53 bits per heavy atom. The number of likely N-dealkylation sites (tertiary alicyclic amines) is 1. The minimum absolute atomic E-state index is 0.0283. The van der Waals surface area contributed by atoms with Crippen molar-refractivity contribution in [2.75, 3.05) is 30.8 Å². The number of hydrogen-bond donors (Lipinski definition) is 3. The highest BCUT2D eigenvalue weighted by molar-refractivity contribution is 7.89. The Hall–Kier alpha value is -3.08. The number of sulfonamides is 1. The van der Waals surface area contributed by atoms with Gasteiger partial charge in [0.1, 0.15) is 11.6 Å². The first-order valence-corrected chi connectivity index (χ1v) is 12.7. The van der Waals surface area contributed by atoms with E-state index in [-0.39, 0.29) is 16.8 Å². The van der Waals surface area contributed by atoms with Crippen molar-refractivity contribution in [3.05, 3.63) is 71.7 Å². The second-order valence-electron chi connectivity index (χ2n) is 8.55. The molecule has 180 valence electrons. The number of piperidine rings is 1. The van der Waals surface area contributed by atoms with E-state index in [4.69, 9.17) is 0 Å². The first-order valence-electron chi connectivity index (χ1n) is 11.2. The normalized spacial score (nSPS) is 15.3. The molecule has 1 aliphatic heterocycles. The van der Waals surface area contributed by atoms with Crippen LogP contribution < -0.4 is 15.4 Å². The van der Waals surface area contributed by atoms with Gasteiger partial charge in [-0.25, -0.2) is 22.5 Å². The summed E-state index contributed by atoms with van der Waals surface area (Å²) in [6.07, 6.45) is 3.25. The Balaban J connectivity index is 1.34. The van der Waals surface area contributed by atoms with Gasteiger partial charge in [0, 0.05) is 24.5 Å². The zero-order valence-corrected chi connectivity index (χ0v) is 20.1. The van der Waals surface area contributed by atoms with Crippen molar-refractivity contribution in [3.8, 4) is 0 Å². The van der Waals surface area contributed by atoms with E-state index < -0.39 is 10.0 Å². The van der Waals surface area contributed by atoms with Gasteiger partial charge < -0.3 is 15.5 Å². The maximum atomic E-state index is 13.5. The molecule has 1 aromatic heterocycles. The van der Waals surface area contributed by atoms with Crippen LogP contribution in [0.25, 0.3) is 0 Å². The number of rotatable bonds is 8. The number of hydrogen-bond acceptors (Lipinski definition) is 7. The fourth-order valence-electron chi connectivity index (χ4n) is 3.77. The van der Waals surface area contributed by atoms with Gasteiger partial charge >= 0.3 is 0 Å². The maximum Gasteiger partial charge on any atom is 0.240 e. The van der Waals surface area contributed by atoms with Crippen molar-refractivity contribution in [3.63, 3.8) is 0 Å². The highest BCUT2D eigenvalue weighted by atomic mass is 32.2. The summed E-state index contributed by atoms with van der Waals surface area (Å²) in [4.78, 5) is 11.1. The second kappa shape index (κ2) is 10.5. The zero-order chi connectivity index (χ0) is 24.1. The van der Waals surface area contributed by atoms with Crippen LogP contribution in [0.15, 0.2) is 59.6 Å². The van der Waals surface area contributed by atoms with Gasteiger partial charge in [-0.3, -0.25) is 0 Å². The third-order valence-electron chi connectivity index (χ3n) is 5.81. The highest BCUT2D eigenvalue weighted by Crippen LogP contribution is 2.19. The lowest BCUT2D eigenvalue weighted by Crippen LogP contribution is -2.43. The molecular formula is C24H29FN6O2S. The summed E-state index contributed by atoms with van der Waals surface area (Å²) < 4.78 is 41.7. The van der Waals surface area contributed by atoms with Gasteiger partial charge in [0.15, 0.2) is 0 Å². The molecule has 0 spiro atoms. The van der Waals surface area contributed by atoms with Gasteiger partial charge in [-0.05, 0) is 87.4 Å². The van der Waals surface area contributed by atoms with Crippen LogP contribution in [0, 0.1) is 12.7 Å². The van der Waals surface area contributed by atoms with E-state index in [1.54, 1.807) is 55.6 Å². The molecule has 0 radical (unpaired) electrons. The lowest BCUT2D eigenvalue weighted by atomic mass is 10.1. The number of anilines is 3. The third-order valence-corrected chi connectivity index (χ3v) is 7.35.